The maximum absolute atomic E-state index is 5.48. The molecule has 4 heteroatoms. The summed E-state index contributed by atoms with van der Waals surface area (Å²) in [5, 5.41) is 0. The van der Waals surface area contributed by atoms with Crippen LogP contribution in [-0.4, -0.2) is 21.6 Å². The van der Waals surface area contributed by atoms with Gasteiger partial charge in [-0.15, -0.1) is 0 Å². The molecule has 1 aliphatic carbocycles. The number of aromatic nitrogens is 3. The number of nitrogens with zero attached hydrogens (tertiary/aromatic N) is 3. The highest BCUT2D eigenvalue weighted by molar-refractivity contribution is 5.71. The normalized spacial score (nSPS) is 15.0. The summed E-state index contributed by atoms with van der Waals surface area (Å²) < 4.78 is 7.82. The number of pyridine rings is 1. The van der Waals surface area contributed by atoms with Crippen molar-refractivity contribution in [2.24, 2.45) is 0 Å². The molecule has 0 atom stereocenters. The summed E-state index contributed by atoms with van der Waals surface area (Å²) in [6, 6.07) is 12.7. The molecule has 0 radical (unpaired) electrons. The minimum atomic E-state index is 0.546. The van der Waals surface area contributed by atoms with E-state index < -0.39 is 0 Å². The van der Waals surface area contributed by atoms with Gasteiger partial charge in [0, 0.05) is 24.2 Å². The highest BCUT2D eigenvalue weighted by Gasteiger charge is 2.25. The minimum Gasteiger partial charge on any atom is -0.496 e. The Kier molecular flexibility index (Phi) is 3.29. The lowest BCUT2D eigenvalue weighted by atomic mass is 9.92. The van der Waals surface area contributed by atoms with Gasteiger partial charge in [0.2, 0.25) is 0 Å². The lowest BCUT2D eigenvalue weighted by molar-refractivity contribution is 0.312. The van der Waals surface area contributed by atoms with Gasteiger partial charge < -0.3 is 9.30 Å². The monoisotopic (exact) mass is 293 g/mol. The molecule has 2 aromatic heterocycles. The molecule has 4 nitrogen and oxygen atoms in total. The fourth-order valence-electron chi connectivity index (χ4n) is 3.15. The molecule has 0 spiro atoms. The molecule has 0 unspecified atom stereocenters. The van der Waals surface area contributed by atoms with Crippen molar-refractivity contribution in [1.29, 1.82) is 0 Å². The third-order valence-electron chi connectivity index (χ3n) is 4.50. The van der Waals surface area contributed by atoms with E-state index in [1.54, 1.807) is 7.11 Å². The summed E-state index contributed by atoms with van der Waals surface area (Å²) in [5.41, 5.74) is 3.16. The third-order valence-corrected chi connectivity index (χ3v) is 4.50. The smallest absolute Gasteiger partial charge is 0.160 e. The summed E-state index contributed by atoms with van der Waals surface area (Å²) in [6.07, 6.45) is 6.37. The fraction of sp³-hybridized carbons (Fsp3) is 0.333. The predicted octanol–water partition coefficient (Wildman–Crippen LogP) is 3.76. The Hall–Kier alpha value is -2.36. The van der Waals surface area contributed by atoms with Crippen molar-refractivity contribution >= 4 is 11.2 Å². The molecule has 0 N–H and O–H groups in total. The van der Waals surface area contributed by atoms with E-state index in [-0.39, 0.29) is 0 Å². The number of rotatable bonds is 4. The van der Waals surface area contributed by atoms with Crippen LogP contribution in [0.25, 0.3) is 11.2 Å². The Balaban J connectivity index is 1.80. The largest absolute Gasteiger partial charge is 0.496 e. The topological polar surface area (TPSA) is 39.9 Å². The first-order valence-electron chi connectivity index (χ1n) is 7.80. The molecule has 1 fully saturated rings. The van der Waals surface area contributed by atoms with Crippen LogP contribution in [0.4, 0.5) is 0 Å². The van der Waals surface area contributed by atoms with Gasteiger partial charge in [-0.25, -0.2) is 9.97 Å². The number of hydrogen-bond donors (Lipinski definition) is 0. The molecule has 3 aromatic rings. The SMILES string of the molecule is COc1ccccc1Cc1nc2cccnc2n1C1CCC1. The molecular weight excluding hydrogens is 274 g/mol. The molecular formula is C18H19N3O. The first kappa shape index (κ1) is 13.3. The van der Waals surface area contributed by atoms with Crippen LogP contribution in [-0.2, 0) is 6.42 Å². The number of imidazole rings is 1. The van der Waals surface area contributed by atoms with E-state index in [1.807, 2.05) is 36.5 Å². The molecule has 0 aliphatic heterocycles. The van der Waals surface area contributed by atoms with Gasteiger partial charge in [-0.3, -0.25) is 0 Å². The van der Waals surface area contributed by atoms with Crippen LogP contribution >= 0.6 is 0 Å². The lowest BCUT2D eigenvalue weighted by Gasteiger charge is -2.28. The molecule has 22 heavy (non-hydrogen) atoms. The Morgan fingerprint density at radius 2 is 2.05 bits per heavy atom. The van der Waals surface area contributed by atoms with Gasteiger partial charge in [-0.1, -0.05) is 18.2 Å². The van der Waals surface area contributed by atoms with Gasteiger partial charge in [0.05, 0.1) is 7.11 Å². The molecule has 0 saturated heterocycles. The van der Waals surface area contributed by atoms with Gasteiger partial charge in [0.25, 0.3) is 0 Å². The second kappa shape index (κ2) is 5.44. The highest BCUT2D eigenvalue weighted by atomic mass is 16.5. The van der Waals surface area contributed by atoms with Crippen molar-refractivity contribution in [3.05, 3.63) is 54.0 Å². The fourth-order valence-corrected chi connectivity index (χ4v) is 3.15. The van der Waals surface area contributed by atoms with Crippen LogP contribution in [0.1, 0.15) is 36.7 Å². The number of para-hydroxylation sites is 1. The summed E-state index contributed by atoms with van der Waals surface area (Å²) in [6.45, 7) is 0. The quantitative estimate of drug-likeness (QED) is 0.735. The van der Waals surface area contributed by atoms with Crippen molar-refractivity contribution in [1.82, 2.24) is 14.5 Å². The van der Waals surface area contributed by atoms with E-state index in [0.717, 1.165) is 29.2 Å². The van der Waals surface area contributed by atoms with Crippen LogP contribution in [0.5, 0.6) is 5.75 Å². The molecule has 2 heterocycles. The number of fused-ring (bicyclic) bond motifs is 1. The Bertz CT molecular complexity index is 805. The summed E-state index contributed by atoms with van der Waals surface area (Å²) >= 11 is 0. The van der Waals surface area contributed by atoms with Crippen LogP contribution < -0.4 is 4.74 Å². The maximum atomic E-state index is 5.48. The molecule has 4 rings (SSSR count). The second-order valence-electron chi connectivity index (χ2n) is 5.82. The third kappa shape index (κ3) is 2.15. The van der Waals surface area contributed by atoms with Crippen molar-refractivity contribution < 1.29 is 4.74 Å². The average Bonchev–Trinajstić information content (AvgIpc) is 2.85. The van der Waals surface area contributed by atoms with Crippen LogP contribution in [0.15, 0.2) is 42.6 Å². The maximum Gasteiger partial charge on any atom is 0.160 e. The number of ether oxygens (including phenoxy) is 1. The minimum absolute atomic E-state index is 0.546. The van der Waals surface area contributed by atoms with Gasteiger partial charge in [-0.05, 0) is 37.5 Å². The number of methoxy groups -OCH3 is 1. The predicted molar refractivity (Wildman–Crippen MR) is 86.2 cm³/mol. The zero-order valence-electron chi connectivity index (χ0n) is 12.7. The van der Waals surface area contributed by atoms with Gasteiger partial charge in [0.15, 0.2) is 5.65 Å². The molecule has 1 aromatic carbocycles. The molecule has 112 valence electrons. The molecule has 0 bridgehead atoms. The zero-order chi connectivity index (χ0) is 14.9. The second-order valence-corrected chi connectivity index (χ2v) is 5.82. The van der Waals surface area contributed by atoms with Crippen LogP contribution in [0, 0.1) is 0 Å². The Labute approximate surface area is 129 Å². The van der Waals surface area contributed by atoms with Crippen molar-refractivity contribution in [3.8, 4) is 5.75 Å². The lowest BCUT2D eigenvalue weighted by Crippen LogP contribution is -2.19. The van der Waals surface area contributed by atoms with Gasteiger partial charge in [0.1, 0.15) is 17.1 Å². The standard InChI is InChI=1S/C18H19N3O/c1-22-16-10-3-2-6-13(16)12-17-20-15-9-5-11-19-18(15)21(17)14-7-4-8-14/h2-3,5-6,9-11,14H,4,7-8,12H2,1H3. The van der Waals surface area contributed by atoms with E-state index in [2.05, 4.69) is 15.6 Å². The first-order chi connectivity index (χ1) is 10.9. The number of hydrogen-bond acceptors (Lipinski definition) is 3. The Morgan fingerprint density at radius 3 is 2.82 bits per heavy atom. The van der Waals surface area contributed by atoms with Crippen molar-refractivity contribution in [2.75, 3.05) is 7.11 Å². The summed E-state index contributed by atoms with van der Waals surface area (Å²) in [5.74, 6) is 2.01. The molecule has 0 amide bonds. The van der Waals surface area contributed by atoms with Crippen LogP contribution in [0.2, 0.25) is 0 Å². The van der Waals surface area contributed by atoms with Crippen molar-refractivity contribution in [3.63, 3.8) is 0 Å². The first-order valence-corrected chi connectivity index (χ1v) is 7.80. The average molecular weight is 293 g/mol. The van der Waals surface area contributed by atoms with Crippen molar-refractivity contribution in [2.45, 2.75) is 31.7 Å². The molecule has 1 saturated carbocycles. The van der Waals surface area contributed by atoms with E-state index in [9.17, 15) is 0 Å². The van der Waals surface area contributed by atoms with E-state index in [1.165, 1.54) is 24.8 Å². The summed E-state index contributed by atoms with van der Waals surface area (Å²) in [7, 11) is 1.72. The van der Waals surface area contributed by atoms with Gasteiger partial charge in [-0.2, -0.15) is 0 Å². The van der Waals surface area contributed by atoms with Gasteiger partial charge >= 0.3 is 0 Å². The van der Waals surface area contributed by atoms with E-state index >= 15 is 0 Å². The number of benzene rings is 1. The highest BCUT2D eigenvalue weighted by Crippen LogP contribution is 2.36. The van der Waals surface area contributed by atoms with Crippen LogP contribution in [0.3, 0.4) is 0 Å². The Morgan fingerprint density at radius 1 is 1.18 bits per heavy atom. The summed E-state index contributed by atoms with van der Waals surface area (Å²) in [4.78, 5) is 9.39. The molecule has 1 aliphatic rings. The zero-order valence-corrected chi connectivity index (χ0v) is 12.7. The van der Waals surface area contributed by atoms with E-state index in [4.69, 9.17) is 9.72 Å². The van der Waals surface area contributed by atoms with E-state index in [0.29, 0.717) is 6.04 Å².